The van der Waals surface area contributed by atoms with Gasteiger partial charge in [0.05, 0.1) is 6.61 Å². The molecule has 0 saturated heterocycles. The summed E-state index contributed by atoms with van der Waals surface area (Å²) >= 11 is 0. The molecular formula is C35H42O. The molecule has 36 heavy (non-hydrogen) atoms. The summed E-state index contributed by atoms with van der Waals surface area (Å²) in [5.41, 5.74) is 6.03. The molecule has 1 nitrogen and oxygen atoms in total. The van der Waals surface area contributed by atoms with Crippen molar-refractivity contribution in [3.05, 3.63) is 89.5 Å². The molecule has 1 aliphatic carbocycles. The van der Waals surface area contributed by atoms with Crippen LogP contribution in [0.2, 0.25) is 0 Å². The zero-order valence-corrected chi connectivity index (χ0v) is 22.3. The molecule has 0 heterocycles. The van der Waals surface area contributed by atoms with E-state index in [-0.39, 0.29) is 0 Å². The number of rotatable bonds is 10. The lowest BCUT2D eigenvalue weighted by Gasteiger charge is -2.28. The molecule has 0 spiro atoms. The van der Waals surface area contributed by atoms with E-state index in [1.165, 1.54) is 74.5 Å². The van der Waals surface area contributed by atoms with Gasteiger partial charge < -0.3 is 4.74 Å². The molecule has 0 radical (unpaired) electrons. The normalized spacial score (nSPS) is 17.3. The maximum Gasteiger partial charge on any atom is 0.119 e. The molecule has 0 bridgehead atoms. The van der Waals surface area contributed by atoms with Gasteiger partial charge in [0.15, 0.2) is 0 Å². The van der Waals surface area contributed by atoms with E-state index in [0.717, 1.165) is 41.7 Å². The van der Waals surface area contributed by atoms with Crippen molar-refractivity contribution in [1.82, 2.24) is 0 Å². The molecule has 3 aromatic rings. The van der Waals surface area contributed by atoms with Gasteiger partial charge in [0, 0.05) is 11.1 Å². The van der Waals surface area contributed by atoms with Gasteiger partial charge in [0.1, 0.15) is 5.75 Å². The van der Waals surface area contributed by atoms with Crippen LogP contribution in [-0.2, 0) is 0 Å². The third-order valence-electron chi connectivity index (χ3n) is 7.64. The van der Waals surface area contributed by atoms with Crippen LogP contribution in [0.1, 0.15) is 101 Å². The number of hydrogen-bond acceptors (Lipinski definition) is 1. The Morgan fingerprint density at radius 1 is 0.639 bits per heavy atom. The highest BCUT2D eigenvalue weighted by molar-refractivity contribution is 5.65. The van der Waals surface area contributed by atoms with E-state index in [2.05, 4.69) is 98.5 Å². The number of hydrogen-bond donors (Lipinski definition) is 0. The van der Waals surface area contributed by atoms with Crippen molar-refractivity contribution in [3.63, 3.8) is 0 Å². The third-order valence-corrected chi connectivity index (χ3v) is 7.64. The van der Waals surface area contributed by atoms with E-state index in [1.54, 1.807) is 0 Å². The van der Waals surface area contributed by atoms with Crippen LogP contribution in [0.3, 0.4) is 0 Å². The van der Waals surface area contributed by atoms with Crippen molar-refractivity contribution in [2.24, 2.45) is 5.92 Å². The topological polar surface area (TPSA) is 9.23 Å². The minimum Gasteiger partial charge on any atom is -0.494 e. The van der Waals surface area contributed by atoms with E-state index in [1.807, 2.05) is 0 Å². The quantitative estimate of drug-likeness (QED) is 0.208. The minimum atomic E-state index is 0.735. The fourth-order valence-electron chi connectivity index (χ4n) is 5.29. The average molecular weight is 479 g/mol. The molecule has 0 aromatic heterocycles. The Balaban J connectivity index is 1.29. The maximum atomic E-state index is 5.83. The van der Waals surface area contributed by atoms with Crippen molar-refractivity contribution in [2.75, 3.05) is 6.61 Å². The second kappa shape index (κ2) is 13.9. The fraction of sp³-hybridized carbons (Fsp3) is 0.429. The van der Waals surface area contributed by atoms with E-state index in [9.17, 15) is 0 Å². The molecule has 1 heteroatoms. The van der Waals surface area contributed by atoms with Crippen molar-refractivity contribution in [3.8, 4) is 28.7 Å². The summed E-state index contributed by atoms with van der Waals surface area (Å²) in [6.45, 7) is 5.31. The molecule has 0 N–H and O–H groups in total. The smallest absolute Gasteiger partial charge is 0.119 e. The Bertz CT molecular complexity index is 1090. The minimum absolute atomic E-state index is 0.735. The first kappa shape index (κ1) is 26.1. The number of benzene rings is 3. The van der Waals surface area contributed by atoms with Gasteiger partial charge in [-0.2, -0.15) is 0 Å². The highest BCUT2D eigenvalue weighted by Crippen LogP contribution is 2.37. The standard InChI is InChI=1S/C35H42O/c1-3-5-7-27-36-35-25-23-34(24-26-35)33-21-15-30(16-22-33)10-9-29-13-19-32(20-14-29)31-17-11-28(12-18-31)8-6-4-2/h13-16,19-26,28,31H,3-8,11-12,17-18,27H2,1-2H3. The Labute approximate surface area is 219 Å². The lowest BCUT2D eigenvalue weighted by atomic mass is 9.77. The summed E-state index contributed by atoms with van der Waals surface area (Å²) in [4.78, 5) is 0. The van der Waals surface area contributed by atoms with Gasteiger partial charge in [-0.25, -0.2) is 0 Å². The summed E-state index contributed by atoms with van der Waals surface area (Å²) < 4.78 is 5.83. The lowest BCUT2D eigenvalue weighted by Crippen LogP contribution is -2.13. The van der Waals surface area contributed by atoms with Crippen LogP contribution < -0.4 is 4.74 Å². The van der Waals surface area contributed by atoms with Crippen LogP contribution in [-0.4, -0.2) is 6.61 Å². The highest BCUT2D eigenvalue weighted by atomic mass is 16.5. The first-order chi connectivity index (χ1) is 17.7. The van der Waals surface area contributed by atoms with E-state index in [4.69, 9.17) is 4.74 Å². The Morgan fingerprint density at radius 2 is 1.19 bits per heavy atom. The SMILES string of the molecule is CCCCCOc1ccc(-c2ccc(C#Cc3ccc(C4CCC(CCCC)CC4)cc3)cc2)cc1. The molecule has 0 aliphatic heterocycles. The van der Waals surface area contributed by atoms with E-state index in [0.29, 0.717) is 0 Å². The summed E-state index contributed by atoms with van der Waals surface area (Å²) in [7, 11) is 0. The van der Waals surface area contributed by atoms with Gasteiger partial charge in [-0.15, -0.1) is 0 Å². The molecule has 0 amide bonds. The van der Waals surface area contributed by atoms with Gasteiger partial charge in [-0.3, -0.25) is 0 Å². The van der Waals surface area contributed by atoms with Crippen molar-refractivity contribution >= 4 is 0 Å². The zero-order valence-electron chi connectivity index (χ0n) is 22.3. The van der Waals surface area contributed by atoms with Gasteiger partial charge in [-0.1, -0.05) is 94.2 Å². The van der Waals surface area contributed by atoms with Crippen LogP contribution in [0.25, 0.3) is 11.1 Å². The lowest BCUT2D eigenvalue weighted by molar-refractivity contribution is 0.304. The highest BCUT2D eigenvalue weighted by Gasteiger charge is 2.21. The Hall–Kier alpha value is -2.98. The second-order valence-electron chi connectivity index (χ2n) is 10.4. The van der Waals surface area contributed by atoms with E-state index < -0.39 is 0 Å². The van der Waals surface area contributed by atoms with Crippen LogP contribution >= 0.6 is 0 Å². The van der Waals surface area contributed by atoms with Gasteiger partial charge in [0.25, 0.3) is 0 Å². The number of unbranched alkanes of at least 4 members (excludes halogenated alkanes) is 3. The molecule has 4 rings (SSSR count). The predicted molar refractivity (Wildman–Crippen MR) is 154 cm³/mol. The van der Waals surface area contributed by atoms with Crippen molar-refractivity contribution in [1.29, 1.82) is 0 Å². The maximum absolute atomic E-state index is 5.83. The van der Waals surface area contributed by atoms with Crippen LogP contribution in [0.15, 0.2) is 72.8 Å². The van der Waals surface area contributed by atoms with Gasteiger partial charge in [-0.05, 0) is 97.0 Å². The Morgan fingerprint density at radius 3 is 1.78 bits per heavy atom. The third kappa shape index (κ3) is 7.76. The fourth-order valence-corrected chi connectivity index (χ4v) is 5.29. The molecule has 188 valence electrons. The molecule has 1 fully saturated rings. The molecule has 1 aliphatic rings. The first-order valence-electron chi connectivity index (χ1n) is 14.2. The first-order valence-corrected chi connectivity index (χ1v) is 14.2. The molecule has 0 unspecified atom stereocenters. The van der Waals surface area contributed by atoms with Crippen LogP contribution in [0.5, 0.6) is 5.75 Å². The monoisotopic (exact) mass is 478 g/mol. The molecule has 3 aromatic carbocycles. The van der Waals surface area contributed by atoms with Crippen LogP contribution in [0, 0.1) is 17.8 Å². The summed E-state index contributed by atoms with van der Waals surface area (Å²) in [6.07, 6.45) is 13.2. The molecular weight excluding hydrogens is 436 g/mol. The van der Waals surface area contributed by atoms with Crippen LogP contribution in [0.4, 0.5) is 0 Å². The summed E-state index contributed by atoms with van der Waals surface area (Å²) in [5.74, 6) is 9.33. The summed E-state index contributed by atoms with van der Waals surface area (Å²) in [6, 6.07) is 26.0. The van der Waals surface area contributed by atoms with Crippen molar-refractivity contribution < 1.29 is 4.74 Å². The molecule has 1 saturated carbocycles. The Kier molecular flexibility index (Phi) is 10.1. The largest absolute Gasteiger partial charge is 0.494 e. The average Bonchev–Trinajstić information content (AvgIpc) is 2.94. The van der Waals surface area contributed by atoms with Gasteiger partial charge in [0.2, 0.25) is 0 Å². The molecule has 0 atom stereocenters. The predicted octanol–water partition coefficient (Wildman–Crippen LogP) is 9.79. The second-order valence-corrected chi connectivity index (χ2v) is 10.4. The van der Waals surface area contributed by atoms with Crippen molar-refractivity contribution in [2.45, 2.75) is 84.0 Å². The van der Waals surface area contributed by atoms with Gasteiger partial charge >= 0.3 is 0 Å². The zero-order chi connectivity index (χ0) is 25.0. The number of ether oxygens (including phenoxy) is 1. The summed E-state index contributed by atoms with van der Waals surface area (Å²) in [5, 5.41) is 0. The van der Waals surface area contributed by atoms with E-state index >= 15 is 0 Å².